The fraction of sp³-hybridized carbons (Fsp3) is 0.455. The Morgan fingerprint density at radius 3 is 2.69 bits per heavy atom. The van der Waals surface area contributed by atoms with E-state index in [4.69, 9.17) is 0 Å². The van der Waals surface area contributed by atoms with E-state index in [1.165, 1.54) is 10.9 Å². The summed E-state index contributed by atoms with van der Waals surface area (Å²) in [6.07, 6.45) is 3.41. The Hall–Kier alpha value is -0.390. The van der Waals surface area contributed by atoms with Gasteiger partial charge in [-0.1, -0.05) is 33.7 Å². The van der Waals surface area contributed by atoms with Crippen LogP contribution in [0.3, 0.4) is 0 Å². The Balaban J connectivity index is 3.11. The largest absolute Gasteiger partial charge is 0.388 e. The van der Waals surface area contributed by atoms with Gasteiger partial charge in [-0.2, -0.15) is 0 Å². The van der Waals surface area contributed by atoms with E-state index in [1.54, 1.807) is 0 Å². The van der Waals surface area contributed by atoms with Gasteiger partial charge in [-0.05, 0) is 30.6 Å². The maximum absolute atomic E-state index is 9.71. The molecule has 0 aromatic rings. The summed E-state index contributed by atoms with van der Waals surface area (Å²) in [5, 5.41) is 11.1. The van der Waals surface area contributed by atoms with Gasteiger partial charge in [0.2, 0.25) is 0 Å². The maximum Gasteiger partial charge on any atom is 0.0792 e. The first-order valence-corrected chi connectivity index (χ1v) is 6.03. The van der Waals surface area contributed by atoms with Crippen molar-refractivity contribution >= 4 is 8.58 Å². The number of hydrogen-bond acceptors (Lipinski definition) is 1. The molecule has 0 aromatic heterocycles. The highest BCUT2D eigenvalue weighted by atomic mass is 31.1. The van der Waals surface area contributed by atoms with Crippen LogP contribution in [0.15, 0.2) is 35.2 Å². The van der Waals surface area contributed by atoms with Gasteiger partial charge in [0.15, 0.2) is 0 Å². The molecule has 1 aliphatic carbocycles. The van der Waals surface area contributed by atoms with Crippen LogP contribution in [-0.4, -0.2) is 17.9 Å². The minimum atomic E-state index is -0.340. The van der Waals surface area contributed by atoms with Gasteiger partial charge in [0.05, 0.1) is 6.10 Å². The Labute approximate surface area is 82.0 Å². The summed E-state index contributed by atoms with van der Waals surface area (Å²) in [5.41, 5.74) is 2.43. The van der Waals surface area contributed by atoms with Crippen molar-refractivity contribution in [1.82, 2.24) is 0 Å². The lowest BCUT2D eigenvalue weighted by molar-refractivity contribution is 0.177. The van der Waals surface area contributed by atoms with Gasteiger partial charge >= 0.3 is 0 Å². The van der Waals surface area contributed by atoms with Gasteiger partial charge < -0.3 is 5.11 Å². The zero-order valence-corrected chi connectivity index (χ0v) is 9.46. The van der Waals surface area contributed by atoms with E-state index in [9.17, 15) is 5.11 Å². The lowest BCUT2D eigenvalue weighted by Crippen LogP contribution is -2.21. The molecule has 0 radical (unpaired) electrons. The van der Waals surface area contributed by atoms with Crippen LogP contribution in [-0.2, 0) is 0 Å². The van der Waals surface area contributed by atoms with E-state index in [1.807, 2.05) is 12.2 Å². The zero-order chi connectivity index (χ0) is 10.0. The minimum Gasteiger partial charge on any atom is -0.388 e. The van der Waals surface area contributed by atoms with Crippen molar-refractivity contribution in [3.05, 3.63) is 35.2 Å². The van der Waals surface area contributed by atoms with E-state index >= 15 is 0 Å². The van der Waals surface area contributed by atoms with Crippen LogP contribution in [0.5, 0.6) is 0 Å². The molecule has 0 spiro atoms. The van der Waals surface area contributed by atoms with Crippen LogP contribution >= 0.6 is 8.58 Å². The molecular weight excluding hydrogens is 179 g/mol. The van der Waals surface area contributed by atoms with E-state index in [0.29, 0.717) is 0 Å². The first-order valence-electron chi connectivity index (χ1n) is 4.53. The van der Waals surface area contributed by atoms with Crippen molar-refractivity contribution in [1.29, 1.82) is 0 Å². The van der Waals surface area contributed by atoms with Gasteiger partial charge in [0, 0.05) is 5.92 Å². The number of rotatable bonds is 2. The SMILES string of the molecule is C=CC1=CC(O)C(C)C(C)=C1PC. The second-order valence-electron chi connectivity index (χ2n) is 3.41. The van der Waals surface area contributed by atoms with Crippen molar-refractivity contribution in [2.75, 3.05) is 6.66 Å². The highest BCUT2D eigenvalue weighted by molar-refractivity contribution is 7.42. The third-order valence-electron chi connectivity index (χ3n) is 2.70. The molecule has 3 atom stereocenters. The minimum absolute atomic E-state index is 0.256. The van der Waals surface area contributed by atoms with Crippen molar-refractivity contribution in [3.8, 4) is 0 Å². The fourth-order valence-corrected chi connectivity index (χ4v) is 2.73. The summed E-state index contributed by atoms with van der Waals surface area (Å²) in [7, 11) is 0.779. The average molecular weight is 196 g/mol. The van der Waals surface area contributed by atoms with Crippen molar-refractivity contribution in [3.63, 3.8) is 0 Å². The van der Waals surface area contributed by atoms with Crippen LogP contribution in [0.1, 0.15) is 13.8 Å². The lowest BCUT2D eigenvalue weighted by atomic mass is 9.88. The summed E-state index contributed by atoms with van der Waals surface area (Å²) >= 11 is 0. The van der Waals surface area contributed by atoms with Crippen LogP contribution < -0.4 is 0 Å². The van der Waals surface area contributed by atoms with Gasteiger partial charge in [0.25, 0.3) is 0 Å². The normalized spacial score (nSPS) is 29.7. The Morgan fingerprint density at radius 2 is 2.23 bits per heavy atom. The Kier molecular flexibility index (Phi) is 3.47. The molecule has 3 unspecified atom stereocenters. The van der Waals surface area contributed by atoms with Crippen LogP contribution in [0, 0.1) is 5.92 Å². The van der Waals surface area contributed by atoms with Gasteiger partial charge in [-0.25, -0.2) is 0 Å². The summed E-state index contributed by atoms with van der Waals surface area (Å²) in [6, 6.07) is 0. The molecule has 72 valence electrons. The molecule has 2 heteroatoms. The smallest absolute Gasteiger partial charge is 0.0792 e. The van der Waals surface area contributed by atoms with Crippen molar-refractivity contribution in [2.45, 2.75) is 20.0 Å². The molecule has 0 bridgehead atoms. The van der Waals surface area contributed by atoms with E-state index in [2.05, 4.69) is 27.1 Å². The topological polar surface area (TPSA) is 20.2 Å². The zero-order valence-electron chi connectivity index (χ0n) is 8.46. The molecular formula is C11H17OP. The van der Waals surface area contributed by atoms with E-state index < -0.39 is 0 Å². The first kappa shape index (κ1) is 10.7. The second kappa shape index (κ2) is 4.21. The van der Waals surface area contributed by atoms with Gasteiger partial charge in [-0.15, -0.1) is 0 Å². The third kappa shape index (κ3) is 1.92. The lowest BCUT2D eigenvalue weighted by Gasteiger charge is -2.26. The molecule has 0 fully saturated rings. The number of allylic oxidation sites excluding steroid dienone is 3. The third-order valence-corrected chi connectivity index (χ3v) is 3.88. The maximum atomic E-state index is 9.71. The van der Waals surface area contributed by atoms with Crippen LogP contribution in [0.2, 0.25) is 0 Å². The average Bonchev–Trinajstić information content (AvgIpc) is 2.13. The highest BCUT2D eigenvalue weighted by Crippen LogP contribution is 2.38. The quantitative estimate of drug-likeness (QED) is 0.673. The molecule has 13 heavy (non-hydrogen) atoms. The predicted octanol–water partition coefficient (Wildman–Crippen LogP) is 2.69. The standard InChI is InChI=1S/C11H17OP/c1-5-9-6-10(12)7(2)8(3)11(9)13-4/h5-7,10,12-13H,1H2,2-4H3. The first-order chi connectivity index (χ1) is 6.11. The summed E-state index contributed by atoms with van der Waals surface area (Å²) < 4.78 is 0. The van der Waals surface area contributed by atoms with Crippen molar-refractivity contribution < 1.29 is 5.11 Å². The molecule has 0 aliphatic heterocycles. The molecule has 1 rings (SSSR count). The van der Waals surface area contributed by atoms with E-state index in [-0.39, 0.29) is 12.0 Å². The summed E-state index contributed by atoms with van der Waals surface area (Å²) in [4.78, 5) is 0. The molecule has 1 aliphatic rings. The molecule has 0 heterocycles. The van der Waals surface area contributed by atoms with Gasteiger partial charge in [0.1, 0.15) is 0 Å². The van der Waals surface area contributed by atoms with Crippen LogP contribution in [0.25, 0.3) is 0 Å². The summed E-state index contributed by atoms with van der Waals surface area (Å²) in [5.74, 6) is 0.256. The van der Waals surface area contributed by atoms with Crippen LogP contribution in [0.4, 0.5) is 0 Å². The predicted molar refractivity (Wildman–Crippen MR) is 60.4 cm³/mol. The Morgan fingerprint density at radius 1 is 1.62 bits per heavy atom. The second-order valence-corrected chi connectivity index (χ2v) is 4.41. The molecule has 0 aromatic carbocycles. The molecule has 0 saturated heterocycles. The van der Waals surface area contributed by atoms with E-state index in [0.717, 1.165) is 14.2 Å². The Bertz CT molecular complexity index is 276. The fourth-order valence-electron chi connectivity index (χ4n) is 1.63. The highest BCUT2D eigenvalue weighted by Gasteiger charge is 2.22. The van der Waals surface area contributed by atoms with Gasteiger partial charge in [-0.3, -0.25) is 0 Å². The molecule has 0 saturated carbocycles. The number of hydrogen-bond donors (Lipinski definition) is 1. The number of aliphatic hydroxyl groups is 1. The summed E-state index contributed by atoms with van der Waals surface area (Å²) in [6.45, 7) is 10.1. The monoisotopic (exact) mass is 196 g/mol. The molecule has 1 nitrogen and oxygen atoms in total. The molecule has 1 N–H and O–H groups in total. The number of aliphatic hydroxyl groups excluding tert-OH is 1. The molecule has 0 amide bonds. The van der Waals surface area contributed by atoms with Crippen molar-refractivity contribution in [2.24, 2.45) is 5.92 Å².